The van der Waals surface area contributed by atoms with Crippen molar-refractivity contribution in [2.24, 2.45) is 0 Å². The summed E-state index contributed by atoms with van der Waals surface area (Å²) in [5, 5.41) is 8.65. The zero-order valence-corrected chi connectivity index (χ0v) is 11.4. The Balaban J connectivity index is 2.86. The number of aliphatic carboxylic acids is 1. The molecule has 0 atom stereocenters. The number of halogens is 1. The van der Waals surface area contributed by atoms with Crippen molar-refractivity contribution >= 4 is 33.7 Å². The highest BCUT2D eigenvalue weighted by atomic mass is 35.5. The van der Waals surface area contributed by atoms with Crippen molar-refractivity contribution in [3.05, 3.63) is 47.5 Å². The number of benzene rings is 1. The predicted molar refractivity (Wildman–Crippen MR) is 73.3 cm³/mol. The number of carbonyl (C=O) groups is 1. The summed E-state index contributed by atoms with van der Waals surface area (Å²) >= 11 is 5.48. The number of carboxylic acid groups (broad SMARTS) is 1. The van der Waals surface area contributed by atoms with Gasteiger partial charge in [-0.05, 0) is 23.8 Å². The van der Waals surface area contributed by atoms with Crippen molar-refractivity contribution in [3.63, 3.8) is 0 Å². The third kappa shape index (κ3) is 5.25. The van der Waals surface area contributed by atoms with Crippen molar-refractivity contribution in [2.75, 3.05) is 6.54 Å². The van der Waals surface area contributed by atoms with Crippen LogP contribution in [0.15, 0.2) is 46.8 Å². The van der Waals surface area contributed by atoms with E-state index in [0.29, 0.717) is 5.56 Å². The number of rotatable bonds is 6. The van der Waals surface area contributed by atoms with E-state index in [1.807, 2.05) is 0 Å². The molecule has 0 fully saturated rings. The van der Waals surface area contributed by atoms with Gasteiger partial charge in [0.1, 0.15) is 0 Å². The number of hydrogen-bond acceptors (Lipinski definition) is 3. The zero-order valence-electron chi connectivity index (χ0n) is 9.84. The minimum Gasteiger partial charge on any atom is -0.478 e. The Morgan fingerprint density at radius 3 is 2.42 bits per heavy atom. The summed E-state index contributed by atoms with van der Waals surface area (Å²) in [4.78, 5) is 10.4. The Morgan fingerprint density at radius 1 is 1.37 bits per heavy atom. The minimum atomic E-state index is -3.64. The third-order valence-corrected chi connectivity index (χ3v) is 3.61. The first-order valence-electron chi connectivity index (χ1n) is 5.15. The fraction of sp³-hybridized carbons (Fsp3) is 0.0833. The fourth-order valence-corrected chi connectivity index (χ4v) is 2.35. The molecule has 2 N–H and O–H groups in total. The van der Waals surface area contributed by atoms with Crippen LogP contribution in [-0.4, -0.2) is 26.0 Å². The summed E-state index contributed by atoms with van der Waals surface area (Å²) < 4.78 is 25.9. The summed E-state index contributed by atoms with van der Waals surface area (Å²) in [5.41, 5.74) is 0.586. The Kier molecular flexibility index (Phi) is 5.29. The lowest BCUT2D eigenvalue weighted by molar-refractivity contribution is -0.131. The van der Waals surface area contributed by atoms with Crippen LogP contribution in [0, 0.1) is 0 Å². The highest BCUT2D eigenvalue weighted by Crippen LogP contribution is 2.12. The first-order valence-corrected chi connectivity index (χ1v) is 7.01. The van der Waals surface area contributed by atoms with Crippen LogP contribution in [0.4, 0.5) is 0 Å². The van der Waals surface area contributed by atoms with Crippen LogP contribution in [0.1, 0.15) is 5.56 Å². The van der Waals surface area contributed by atoms with Gasteiger partial charge in [-0.15, -0.1) is 0 Å². The SMILES string of the molecule is C=C(Cl)CNS(=O)(=O)c1ccc(/C=C/C(=O)O)cc1. The molecule has 0 unspecified atom stereocenters. The van der Waals surface area contributed by atoms with E-state index < -0.39 is 16.0 Å². The molecule has 7 heteroatoms. The largest absolute Gasteiger partial charge is 0.478 e. The maximum absolute atomic E-state index is 11.8. The van der Waals surface area contributed by atoms with E-state index in [-0.39, 0.29) is 16.5 Å². The quantitative estimate of drug-likeness (QED) is 0.785. The Labute approximate surface area is 116 Å². The molecule has 0 amide bonds. The Morgan fingerprint density at radius 2 is 1.95 bits per heavy atom. The van der Waals surface area contributed by atoms with E-state index in [0.717, 1.165) is 6.08 Å². The van der Waals surface area contributed by atoms with Crippen molar-refractivity contribution in [3.8, 4) is 0 Å². The number of carboxylic acids is 1. The molecule has 5 nitrogen and oxygen atoms in total. The van der Waals surface area contributed by atoms with Crippen LogP contribution >= 0.6 is 11.6 Å². The Bertz CT molecular complexity index is 605. The van der Waals surface area contributed by atoms with E-state index in [1.165, 1.54) is 30.3 Å². The second-order valence-electron chi connectivity index (χ2n) is 3.58. The van der Waals surface area contributed by atoms with E-state index in [9.17, 15) is 13.2 Å². The standard InChI is InChI=1S/C12H12ClNO4S/c1-9(13)8-14-19(17,18)11-5-2-10(3-6-11)4-7-12(15)16/h2-7,14H,1,8H2,(H,15,16)/b7-4+. The van der Waals surface area contributed by atoms with Crippen molar-refractivity contribution < 1.29 is 18.3 Å². The third-order valence-electron chi connectivity index (χ3n) is 2.06. The fourth-order valence-electron chi connectivity index (χ4n) is 1.18. The van der Waals surface area contributed by atoms with Gasteiger partial charge in [-0.3, -0.25) is 0 Å². The van der Waals surface area contributed by atoms with Gasteiger partial charge in [-0.2, -0.15) is 0 Å². The molecule has 0 aliphatic rings. The average Bonchev–Trinajstić information content (AvgIpc) is 2.34. The molecule has 0 heterocycles. The van der Waals surface area contributed by atoms with Gasteiger partial charge < -0.3 is 5.11 Å². The summed E-state index contributed by atoms with van der Waals surface area (Å²) in [6.07, 6.45) is 2.34. The van der Waals surface area contributed by atoms with Crippen molar-refractivity contribution in [1.82, 2.24) is 4.72 Å². The van der Waals surface area contributed by atoms with E-state index >= 15 is 0 Å². The normalized spacial score (nSPS) is 11.6. The second-order valence-corrected chi connectivity index (χ2v) is 5.88. The van der Waals surface area contributed by atoms with Crippen LogP contribution < -0.4 is 4.72 Å². The molecule has 0 aromatic heterocycles. The zero-order chi connectivity index (χ0) is 14.5. The molecule has 102 valence electrons. The van der Waals surface area contributed by atoms with Gasteiger partial charge in [-0.25, -0.2) is 17.9 Å². The van der Waals surface area contributed by atoms with Gasteiger partial charge in [-0.1, -0.05) is 30.3 Å². The predicted octanol–water partition coefficient (Wildman–Crippen LogP) is 1.82. The number of nitrogens with one attached hydrogen (secondary N) is 1. The molecule has 0 spiro atoms. The molecular weight excluding hydrogens is 290 g/mol. The van der Waals surface area contributed by atoms with Gasteiger partial charge in [0.15, 0.2) is 0 Å². The van der Waals surface area contributed by atoms with Gasteiger partial charge in [0, 0.05) is 17.7 Å². The molecule has 0 saturated heterocycles. The first kappa shape index (κ1) is 15.4. The topological polar surface area (TPSA) is 83.5 Å². The molecule has 0 aliphatic heterocycles. The first-order chi connectivity index (χ1) is 8.81. The lowest BCUT2D eigenvalue weighted by atomic mass is 10.2. The van der Waals surface area contributed by atoms with Crippen molar-refractivity contribution in [2.45, 2.75) is 4.90 Å². The van der Waals surface area contributed by atoms with E-state index in [4.69, 9.17) is 16.7 Å². The van der Waals surface area contributed by atoms with Crippen molar-refractivity contribution in [1.29, 1.82) is 0 Å². The average molecular weight is 302 g/mol. The molecule has 0 saturated carbocycles. The lowest BCUT2D eigenvalue weighted by Gasteiger charge is -2.05. The minimum absolute atomic E-state index is 0.0510. The van der Waals surface area contributed by atoms with Gasteiger partial charge in [0.05, 0.1) is 4.90 Å². The lowest BCUT2D eigenvalue weighted by Crippen LogP contribution is -2.24. The molecule has 1 aromatic carbocycles. The molecule has 0 aliphatic carbocycles. The summed E-state index contributed by atoms with van der Waals surface area (Å²) in [6.45, 7) is 3.33. The van der Waals surface area contributed by atoms with Crippen LogP contribution in [0.3, 0.4) is 0 Å². The molecule has 1 rings (SSSR count). The van der Waals surface area contributed by atoms with Crippen LogP contribution in [-0.2, 0) is 14.8 Å². The number of sulfonamides is 1. The molecular formula is C12H12ClNO4S. The molecule has 19 heavy (non-hydrogen) atoms. The van der Waals surface area contributed by atoms with Gasteiger partial charge in [0.2, 0.25) is 10.0 Å². The maximum Gasteiger partial charge on any atom is 0.328 e. The van der Waals surface area contributed by atoms with Crippen LogP contribution in [0.5, 0.6) is 0 Å². The highest BCUT2D eigenvalue weighted by Gasteiger charge is 2.12. The van der Waals surface area contributed by atoms with Crippen LogP contribution in [0.2, 0.25) is 0 Å². The number of hydrogen-bond donors (Lipinski definition) is 2. The highest BCUT2D eigenvalue weighted by molar-refractivity contribution is 7.89. The summed E-state index contributed by atoms with van der Waals surface area (Å²) in [7, 11) is -3.64. The second kappa shape index (κ2) is 6.51. The molecule has 0 bridgehead atoms. The summed E-state index contributed by atoms with van der Waals surface area (Å²) in [6, 6.07) is 5.76. The van der Waals surface area contributed by atoms with E-state index in [2.05, 4.69) is 11.3 Å². The van der Waals surface area contributed by atoms with Gasteiger partial charge in [0.25, 0.3) is 0 Å². The van der Waals surface area contributed by atoms with E-state index in [1.54, 1.807) is 0 Å². The molecule has 1 aromatic rings. The smallest absolute Gasteiger partial charge is 0.328 e. The Hall–Kier alpha value is -1.63. The molecule has 0 radical (unpaired) electrons. The van der Waals surface area contributed by atoms with Gasteiger partial charge >= 0.3 is 5.97 Å². The van der Waals surface area contributed by atoms with Crippen LogP contribution in [0.25, 0.3) is 6.08 Å². The monoisotopic (exact) mass is 301 g/mol. The maximum atomic E-state index is 11.8. The summed E-state index contributed by atoms with van der Waals surface area (Å²) in [5.74, 6) is -1.07.